The van der Waals surface area contributed by atoms with Gasteiger partial charge in [0.25, 0.3) is 5.91 Å². The standard InChI is InChI=1S/C17H14ClFN2O3/c18-11-6-5-10(15(20)22)9-13(11)21-16(23)17(7-8-17)24-14-4-2-1-3-12(14)19/h1-6,9H,7-8H2,(H2,20,22)(H,21,23). The Hall–Kier alpha value is -2.60. The monoisotopic (exact) mass is 348 g/mol. The SMILES string of the molecule is NC(=O)c1ccc(Cl)c(NC(=O)C2(Oc3ccccc3F)CC2)c1. The van der Waals surface area contributed by atoms with Gasteiger partial charge in [-0.2, -0.15) is 0 Å². The quantitative estimate of drug-likeness (QED) is 0.871. The Kier molecular flexibility index (Phi) is 4.15. The lowest BCUT2D eigenvalue weighted by molar-refractivity contribution is -0.124. The molecule has 1 fully saturated rings. The summed E-state index contributed by atoms with van der Waals surface area (Å²) in [5.74, 6) is -1.60. The largest absolute Gasteiger partial charge is 0.474 e. The van der Waals surface area contributed by atoms with E-state index >= 15 is 0 Å². The van der Waals surface area contributed by atoms with Crippen molar-refractivity contribution in [1.29, 1.82) is 0 Å². The number of benzene rings is 2. The second-order valence-corrected chi connectivity index (χ2v) is 5.95. The molecule has 0 heterocycles. The van der Waals surface area contributed by atoms with E-state index in [-0.39, 0.29) is 22.0 Å². The number of halogens is 2. The van der Waals surface area contributed by atoms with Crippen molar-refractivity contribution in [3.63, 3.8) is 0 Å². The van der Waals surface area contributed by atoms with Crippen LogP contribution >= 0.6 is 11.6 Å². The fourth-order valence-corrected chi connectivity index (χ4v) is 2.40. The van der Waals surface area contributed by atoms with Crippen molar-refractivity contribution in [3.8, 4) is 5.75 Å². The molecule has 7 heteroatoms. The zero-order valence-electron chi connectivity index (χ0n) is 12.5. The van der Waals surface area contributed by atoms with Crippen molar-refractivity contribution in [2.24, 2.45) is 5.73 Å². The van der Waals surface area contributed by atoms with Gasteiger partial charge in [-0.25, -0.2) is 4.39 Å². The van der Waals surface area contributed by atoms with Gasteiger partial charge in [-0.15, -0.1) is 0 Å². The maximum atomic E-state index is 13.7. The number of rotatable bonds is 5. The van der Waals surface area contributed by atoms with E-state index in [0.717, 1.165) is 0 Å². The molecule has 1 saturated carbocycles. The van der Waals surface area contributed by atoms with Gasteiger partial charge >= 0.3 is 0 Å². The zero-order chi connectivity index (χ0) is 17.3. The molecule has 124 valence electrons. The minimum absolute atomic E-state index is 0.0159. The normalized spacial score (nSPS) is 14.8. The third kappa shape index (κ3) is 3.19. The first-order valence-electron chi connectivity index (χ1n) is 7.26. The molecule has 5 nitrogen and oxygen atoms in total. The number of nitrogens with one attached hydrogen (secondary N) is 1. The molecule has 0 atom stereocenters. The van der Waals surface area contributed by atoms with Gasteiger partial charge in [-0.1, -0.05) is 23.7 Å². The van der Waals surface area contributed by atoms with E-state index in [9.17, 15) is 14.0 Å². The number of para-hydroxylation sites is 1. The summed E-state index contributed by atoms with van der Waals surface area (Å²) in [7, 11) is 0. The maximum absolute atomic E-state index is 13.7. The summed E-state index contributed by atoms with van der Waals surface area (Å²) in [4.78, 5) is 23.8. The molecule has 3 rings (SSSR count). The Balaban J connectivity index is 1.79. The van der Waals surface area contributed by atoms with Crippen molar-refractivity contribution in [3.05, 3.63) is 58.9 Å². The highest BCUT2D eigenvalue weighted by Crippen LogP contribution is 2.42. The minimum atomic E-state index is -1.13. The zero-order valence-corrected chi connectivity index (χ0v) is 13.3. The summed E-state index contributed by atoms with van der Waals surface area (Å²) in [6, 6.07) is 10.2. The molecule has 3 N–H and O–H groups in total. The van der Waals surface area contributed by atoms with Crippen LogP contribution in [0.2, 0.25) is 5.02 Å². The fourth-order valence-electron chi connectivity index (χ4n) is 2.24. The number of carbonyl (C=O) groups excluding carboxylic acids is 2. The second-order valence-electron chi connectivity index (χ2n) is 5.54. The van der Waals surface area contributed by atoms with Crippen LogP contribution in [-0.4, -0.2) is 17.4 Å². The van der Waals surface area contributed by atoms with Crippen LogP contribution in [0.1, 0.15) is 23.2 Å². The topological polar surface area (TPSA) is 81.4 Å². The first kappa shape index (κ1) is 16.3. The van der Waals surface area contributed by atoms with E-state index in [2.05, 4.69) is 5.32 Å². The number of amides is 2. The molecule has 1 aliphatic carbocycles. The molecular formula is C17H14ClFN2O3. The molecule has 2 amide bonds. The van der Waals surface area contributed by atoms with Crippen molar-refractivity contribution in [1.82, 2.24) is 0 Å². The van der Waals surface area contributed by atoms with Crippen molar-refractivity contribution in [2.75, 3.05) is 5.32 Å². The number of nitrogens with two attached hydrogens (primary N) is 1. The number of primary amides is 1. The smallest absolute Gasteiger partial charge is 0.268 e. The molecule has 0 aromatic heterocycles. The van der Waals surface area contributed by atoms with Gasteiger partial charge in [0.1, 0.15) is 0 Å². The second kappa shape index (κ2) is 6.13. The Morgan fingerprint density at radius 1 is 1.21 bits per heavy atom. The molecule has 0 saturated heterocycles. The molecule has 2 aromatic carbocycles. The van der Waals surface area contributed by atoms with E-state index in [1.807, 2.05) is 0 Å². The van der Waals surface area contributed by atoms with Gasteiger partial charge in [0.05, 0.1) is 10.7 Å². The lowest BCUT2D eigenvalue weighted by Gasteiger charge is -2.18. The summed E-state index contributed by atoms with van der Waals surface area (Å²) in [6.07, 6.45) is 0.917. The summed E-state index contributed by atoms with van der Waals surface area (Å²) >= 11 is 6.03. The summed E-state index contributed by atoms with van der Waals surface area (Å²) in [5.41, 5.74) is 4.56. The highest BCUT2D eigenvalue weighted by Gasteiger charge is 2.53. The highest BCUT2D eigenvalue weighted by molar-refractivity contribution is 6.34. The minimum Gasteiger partial charge on any atom is -0.474 e. The molecule has 0 aliphatic heterocycles. The van der Waals surface area contributed by atoms with E-state index < -0.39 is 23.2 Å². The third-order valence-corrected chi connectivity index (χ3v) is 4.09. The Morgan fingerprint density at radius 2 is 1.92 bits per heavy atom. The Morgan fingerprint density at radius 3 is 2.54 bits per heavy atom. The van der Waals surface area contributed by atoms with Crippen LogP contribution in [0, 0.1) is 5.82 Å². The van der Waals surface area contributed by atoms with Crippen molar-refractivity contribution >= 4 is 29.1 Å². The predicted octanol–water partition coefficient (Wildman–Crippen LogP) is 3.13. The maximum Gasteiger partial charge on any atom is 0.268 e. The van der Waals surface area contributed by atoms with E-state index in [0.29, 0.717) is 12.8 Å². The number of anilines is 1. The molecular weight excluding hydrogens is 335 g/mol. The molecule has 24 heavy (non-hydrogen) atoms. The average molecular weight is 349 g/mol. The van der Waals surface area contributed by atoms with Gasteiger partial charge < -0.3 is 15.8 Å². The van der Waals surface area contributed by atoms with Crippen LogP contribution in [0.15, 0.2) is 42.5 Å². The van der Waals surface area contributed by atoms with Gasteiger partial charge in [-0.3, -0.25) is 9.59 Å². The molecule has 1 aliphatic rings. The van der Waals surface area contributed by atoms with Crippen molar-refractivity contribution in [2.45, 2.75) is 18.4 Å². The van der Waals surface area contributed by atoms with E-state index in [1.54, 1.807) is 6.07 Å². The predicted molar refractivity (Wildman–Crippen MR) is 87.6 cm³/mol. The van der Waals surface area contributed by atoms with Crippen LogP contribution in [0.5, 0.6) is 5.75 Å². The third-order valence-electron chi connectivity index (χ3n) is 3.76. The van der Waals surface area contributed by atoms with E-state index in [4.69, 9.17) is 22.1 Å². The number of hydrogen-bond donors (Lipinski definition) is 2. The Labute approximate surface area is 142 Å². The number of carbonyl (C=O) groups is 2. The van der Waals surface area contributed by atoms with E-state index in [1.165, 1.54) is 36.4 Å². The number of hydrogen-bond acceptors (Lipinski definition) is 3. The first-order chi connectivity index (χ1) is 11.4. The van der Waals surface area contributed by atoms with Crippen LogP contribution in [0.25, 0.3) is 0 Å². The molecule has 0 spiro atoms. The summed E-state index contributed by atoms with van der Waals surface area (Å²) in [6.45, 7) is 0. The molecule has 0 bridgehead atoms. The van der Waals surface area contributed by atoms with Crippen LogP contribution < -0.4 is 15.8 Å². The summed E-state index contributed by atoms with van der Waals surface area (Å²) < 4.78 is 19.3. The van der Waals surface area contributed by atoms with Crippen molar-refractivity contribution < 1.29 is 18.7 Å². The van der Waals surface area contributed by atoms with Gasteiger partial charge in [-0.05, 0) is 30.3 Å². The molecule has 0 unspecified atom stereocenters. The van der Waals surface area contributed by atoms with Gasteiger partial charge in [0, 0.05) is 18.4 Å². The fraction of sp³-hybridized carbons (Fsp3) is 0.176. The molecule has 0 radical (unpaired) electrons. The average Bonchev–Trinajstić information content (AvgIpc) is 3.32. The van der Waals surface area contributed by atoms with Gasteiger partial charge in [0.2, 0.25) is 5.91 Å². The molecule has 2 aromatic rings. The first-order valence-corrected chi connectivity index (χ1v) is 7.63. The Bertz CT molecular complexity index is 821. The summed E-state index contributed by atoms with van der Waals surface area (Å²) in [5, 5.41) is 2.88. The van der Waals surface area contributed by atoms with Gasteiger partial charge in [0.15, 0.2) is 17.2 Å². The van der Waals surface area contributed by atoms with Crippen LogP contribution in [0.3, 0.4) is 0 Å². The van der Waals surface area contributed by atoms with Crippen LogP contribution in [-0.2, 0) is 4.79 Å². The highest BCUT2D eigenvalue weighted by atomic mass is 35.5. The number of ether oxygens (including phenoxy) is 1. The lowest BCUT2D eigenvalue weighted by atomic mass is 10.2. The van der Waals surface area contributed by atoms with Crippen LogP contribution in [0.4, 0.5) is 10.1 Å². The lowest BCUT2D eigenvalue weighted by Crippen LogP contribution is -2.35.